The predicted molar refractivity (Wildman–Crippen MR) is 71.2 cm³/mol. The van der Waals surface area contributed by atoms with Crippen LogP contribution < -0.4 is 11.1 Å². The predicted octanol–water partition coefficient (Wildman–Crippen LogP) is 1.69. The Morgan fingerprint density at radius 1 is 1.41 bits per heavy atom. The molecule has 0 aromatic carbocycles. The highest BCUT2D eigenvalue weighted by Gasteiger charge is 2.03. The van der Waals surface area contributed by atoms with Crippen LogP contribution in [0.4, 0.5) is 5.82 Å². The average molecular weight is 261 g/mol. The maximum atomic E-state index is 11.5. The number of nitrogens with two attached hydrogens (primary N) is 1. The van der Waals surface area contributed by atoms with Crippen LogP contribution in [0, 0.1) is 0 Å². The minimum absolute atomic E-state index is 0. The van der Waals surface area contributed by atoms with Gasteiger partial charge in [-0.1, -0.05) is 12.8 Å². The number of carbonyl (C=O) groups excluding carboxylic acids is 1. The molecule has 0 unspecified atom stereocenters. The Morgan fingerprint density at radius 2 is 2.12 bits per heavy atom. The van der Waals surface area contributed by atoms with Gasteiger partial charge < -0.3 is 11.1 Å². The Morgan fingerprint density at radius 3 is 2.71 bits per heavy atom. The monoisotopic (exact) mass is 260 g/mol. The van der Waals surface area contributed by atoms with Gasteiger partial charge in [-0.05, 0) is 19.4 Å². The Kier molecular flexibility index (Phi) is 8.44. The van der Waals surface area contributed by atoms with Gasteiger partial charge in [-0.3, -0.25) is 9.48 Å². The molecule has 98 valence electrons. The molecule has 0 bridgehead atoms. The second-order valence-corrected chi connectivity index (χ2v) is 3.88. The van der Waals surface area contributed by atoms with E-state index in [9.17, 15) is 4.79 Å². The molecule has 1 rings (SSSR count). The van der Waals surface area contributed by atoms with Gasteiger partial charge in [0.1, 0.15) is 0 Å². The molecule has 1 aromatic rings. The fourth-order valence-corrected chi connectivity index (χ4v) is 1.47. The van der Waals surface area contributed by atoms with E-state index in [1.807, 2.05) is 7.05 Å². The Bertz CT molecular complexity index is 327. The molecule has 1 heterocycles. The van der Waals surface area contributed by atoms with Crippen molar-refractivity contribution >= 4 is 24.1 Å². The zero-order chi connectivity index (χ0) is 11.8. The van der Waals surface area contributed by atoms with Crippen molar-refractivity contribution in [1.82, 2.24) is 9.78 Å². The molecule has 0 spiro atoms. The third-order valence-electron chi connectivity index (χ3n) is 2.34. The molecule has 6 heteroatoms. The largest absolute Gasteiger partial charge is 0.330 e. The number of amides is 1. The molecule has 0 radical (unpaired) electrons. The fourth-order valence-electron chi connectivity index (χ4n) is 1.47. The van der Waals surface area contributed by atoms with Gasteiger partial charge in [-0.2, -0.15) is 5.10 Å². The maximum absolute atomic E-state index is 11.5. The topological polar surface area (TPSA) is 72.9 Å². The van der Waals surface area contributed by atoms with E-state index in [1.165, 1.54) is 0 Å². The third-order valence-corrected chi connectivity index (χ3v) is 2.34. The Balaban J connectivity index is 0.00000256. The van der Waals surface area contributed by atoms with Crippen LogP contribution in [-0.4, -0.2) is 22.2 Å². The maximum Gasteiger partial charge on any atom is 0.225 e. The molecule has 0 aliphatic heterocycles. The van der Waals surface area contributed by atoms with E-state index < -0.39 is 0 Å². The number of anilines is 1. The highest BCUT2D eigenvalue weighted by Crippen LogP contribution is 2.05. The summed E-state index contributed by atoms with van der Waals surface area (Å²) in [5, 5.41) is 6.83. The SMILES string of the molecule is Cl.Cn1ccc(NC(=O)CCCCCCN)n1. The molecule has 5 nitrogen and oxygen atoms in total. The first-order chi connectivity index (χ1) is 7.72. The second kappa shape index (κ2) is 9.01. The fraction of sp³-hybridized carbons (Fsp3) is 0.636. The number of carbonyl (C=O) groups is 1. The summed E-state index contributed by atoms with van der Waals surface area (Å²) in [5.41, 5.74) is 5.39. The minimum atomic E-state index is 0. The first-order valence-electron chi connectivity index (χ1n) is 5.72. The van der Waals surface area contributed by atoms with Crippen molar-refractivity contribution in [2.24, 2.45) is 12.8 Å². The molecule has 17 heavy (non-hydrogen) atoms. The molecular weight excluding hydrogens is 240 g/mol. The van der Waals surface area contributed by atoms with Crippen LogP contribution in [0.25, 0.3) is 0 Å². The number of aromatic nitrogens is 2. The standard InChI is InChI=1S/C11H20N4O.ClH/c1-15-9-7-10(14-15)13-11(16)6-4-2-3-5-8-12;/h7,9H,2-6,8,12H2,1H3,(H,13,14,16);1H. The average Bonchev–Trinajstić information content (AvgIpc) is 2.63. The Hall–Kier alpha value is -1.07. The van der Waals surface area contributed by atoms with Gasteiger partial charge in [0.2, 0.25) is 5.91 Å². The number of nitrogens with one attached hydrogen (secondary N) is 1. The molecule has 1 amide bonds. The number of unbranched alkanes of at least 4 members (excludes halogenated alkanes) is 3. The zero-order valence-corrected chi connectivity index (χ0v) is 11.0. The van der Waals surface area contributed by atoms with E-state index in [4.69, 9.17) is 5.73 Å². The third kappa shape index (κ3) is 6.97. The van der Waals surface area contributed by atoms with Gasteiger partial charge in [0.15, 0.2) is 5.82 Å². The summed E-state index contributed by atoms with van der Waals surface area (Å²) in [6.07, 6.45) is 6.48. The van der Waals surface area contributed by atoms with Crippen molar-refractivity contribution in [3.05, 3.63) is 12.3 Å². The van der Waals surface area contributed by atoms with Crippen molar-refractivity contribution in [1.29, 1.82) is 0 Å². The molecule has 0 atom stereocenters. The quantitative estimate of drug-likeness (QED) is 0.733. The highest BCUT2D eigenvalue weighted by atomic mass is 35.5. The highest BCUT2D eigenvalue weighted by molar-refractivity contribution is 5.89. The molecule has 3 N–H and O–H groups in total. The van der Waals surface area contributed by atoms with Crippen molar-refractivity contribution in [3.63, 3.8) is 0 Å². The summed E-state index contributed by atoms with van der Waals surface area (Å²) >= 11 is 0. The first-order valence-corrected chi connectivity index (χ1v) is 5.72. The summed E-state index contributed by atoms with van der Waals surface area (Å²) in [5.74, 6) is 0.654. The minimum Gasteiger partial charge on any atom is -0.330 e. The van der Waals surface area contributed by atoms with Gasteiger partial charge in [0.25, 0.3) is 0 Å². The summed E-state index contributed by atoms with van der Waals surface area (Å²) in [7, 11) is 1.82. The van der Waals surface area contributed by atoms with Gasteiger partial charge in [-0.15, -0.1) is 12.4 Å². The van der Waals surface area contributed by atoms with E-state index in [-0.39, 0.29) is 18.3 Å². The van der Waals surface area contributed by atoms with Crippen molar-refractivity contribution < 1.29 is 4.79 Å². The van der Waals surface area contributed by atoms with Gasteiger partial charge in [0, 0.05) is 25.7 Å². The lowest BCUT2D eigenvalue weighted by Crippen LogP contribution is -2.11. The molecule has 0 fully saturated rings. The molecule has 1 aromatic heterocycles. The number of aryl methyl sites for hydroxylation is 1. The van der Waals surface area contributed by atoms with Crippen LogP contribution in [-0.2, 0) is 11.8 Å². The molecule has 0 saturated carbocycles. The summed E-state index contributed by atoms with van der Waals surface area (Å²) < 4.78 is 1.66. The summed E-state index contributed by atoms with van der Waals surface area (Å²) in [6, 6.07) is 1.78. The number of hydrogen-bond donors (Lipinski definition) is 2. The van der Waals surface area contributed by atoms with Crippen LogP contribution in [0.2, 0.25) is 0 Å². The zero-order valence-electron chi connectivity index (χ0n) is 10.2. The van der Waals surface area contributed by atoms with E-state index in [0.717, 1.165) is 32.2 Å². The van der Waals surface area contributed by atoms with E-state index >= 15 is 0 Å². The Labute approximate surface area is 108 Å². The van der Waals surface area contributed by atoms with Crippen molar-refractivity contribution in [2.45, 2.75) is 32.1 Å². The molecule has 0 saturated heterocycles. The van der Waals surface area contributed by atoms with Crippen molar-refractivity contribution in [3.8, 4) is 0 Å². The van der Waals surface area contributed by atoms with Crippen LogP contribution in [0.1, 0.15) is 32.1 Å². The number of nitrogens with zero attached hydrogens (tertiary/aromatic N) is 2. The number of hydrogen-bond acceptors (Lipinski definition) is 3. The van der Waals surface area contributed by atoms with Gasteiger partial charge in [0.05, 0.1) is 0 Å². The molecular formula is C11H21ClN4O. The van der Waals surface area contributed by atoms with Crippen LogP contribution >= 0.6 is 12.4 Å². The molecule has 0 aliphatic carbocycles. The van der Waals surface area contributed by atoms with Crippen LogP contribution in [0.5, 0.6) is 0 Å². The normalized spacial score (nSPS) is 9.76. The number of halogens is 1. The first kappa shape index (κ1) is 15.9. The van der Waals surface area contributed by atoms with E-state index in [1.54, 1.807) is 16.9 Å². The number of rotatable bonds is 7. The van der Waals surface area contributed by atoms with Crippen molar-refractivity contribution in [2.75, 3.05) is 11.9 Å². The summed E-state index contributed by atoms with van der Waals surface area (Å²) in [4.78, 5) is 11.5. The lowest BCUT2D eigenvalue weighted by atomic mass is 10.1. The van der Waals surface area contributed by atoms with Crippen LogP contribution in [0.3, 0.4) is 0 Å². The summed E-state index contributed by atoms with van der Waals surface area (Å²) in [6.45, 7) is 0.736. The van der Waals surface area contributed by atoms with E-state index in [2.05, 4.69) is 10.4 Å². The second-order valence-electron chi connectivity index (χ2n) is 3.88. The van der Waals surface area contributed by atoms with Gasteiger partial charge >= 0.3 is 0 Å². The lowest BCUT2D eigenvalue weighted by molar-refractivity contribution is -0.116. The van der Waals surface area contributed by atoms with Gasteiger partial charge in [-0.25, -0.2) is 0 Å². The van der Waals surface area contributed by atoms with Crippen LogP contribution in [0.15, 0.2) is 12.3 Å². The molecule has 0 aliphatic rings. The smallest absolute Gasteiger partial charge is 0.225 e. The van der Waals surface area contributed by atoms with E-state index in [0.29, 0.717) is 12.2 Å². The lowest BCUT2D eigenvalue weighted by Gasteiger charge is -2.01.